The molecule has 0 atom stereocenters. The number of carbonyl (C=O) groups excluding carboxylic acids is 1. The molecule has 0 saturated heterocycles. The van der Waals surface area contributed by atoms with Crippen LogP contribution in [0.1, 0.15) is 38.1 Å². The Morgan fingerprint density at radius 2 is 1.63 bits per heavy atom. The standard InChI is InChI=1S/C15H23NO2.ClH/c1-12(2)16(13(3)4)9-10-18-15-7-5-14(11-17)6-8-15;/h5-8,11-13H,9-10H2,1-4H3;1H. The third kappa shape index (κ3) is 6.08. The number of carbonyl (C=O) groups is 1. The summed E-state index contributed by atoms with van der Waals surface area (Å²) in [6.45, 7) is 10.3. The van der Waals surface area contributed by atoms with Crippen LogP contribution in [0.25, 0.3) is 0 Å². The topological polar surface area (TPSA) is 29.5 Å². The largest absolute Gasteiger partial charge is 0.492 e. The van der Waals surface area contributed by atoms with Crippen molar-refractivity contribution in [2.45, 2.75) is 39.8 Å². The van der Waals surface area contributed by atoms with E-state index < -0.39 is 0 Å². The third-order valence-electron chi connectivity index (χ3n) is 2.96. The van der Waals surface area contributed by atoms with Crippen LogP contribution in [0.15, 0.2) is 24.3 Å². The Balaban J connectivity index is 0.00000324. The summed E-state index contributed by atoms with van der Waals surface area (Å²) in [6, 6.07) is 8.24. The van der Waals surface area contributed by atoms with E-state index in [1.807, 2.05) is 12.1 Å². The Labute approximate surface area is 122 Å². The number of ether oxygens (including phenoxy) is 1. The molecule has 1 aromatic carbocycles. The highest BCUT2D eigenvalue weighted by Crippen LogP contribution is 2.11. The first kappa shape index (κ1) is 17.9. The summed E-state index contributed by atoms with van der Waals surface area (Å²) in [4.78, 5) is 12.9. The summed E-state index contributed by atoms with van der Waals surface area (Å²) in [5.74, 6) is 0.813. The summed E-state index contributed by atoms with van der Waals surface area (Å²) in [5.41, 5.74) is 0.674. The van der Waals surface area contributed by atoms with Gasteiger partial charge < -0.3 is 4.74 Å². The first-order valence-electron chi connectivity index (χ1n) is 6.48. The predicted molar refractivity (Wildman–Crippen MR) is 81.6 cm³/mol. The number of nitrogens with zero attached hydrogens (tertiary/aromatic N) is 1. The first-order chi connectivity index (χ1) is 8.54. The van der Waals surface area contributed by atoms with Gasteiger partial charge in [-0.2, -0.15) is 0 Å². The smallest absolute Gasteiger partial charge is 0.150 e. The zero-order valence-corrected chi connectivity index (χ0v) is 12.9. The summed E-state index contributed by atoms with van der Waals surface area (Å²) in [5, 5.41) is 0. The van der Waals surface area contributed by atoms with Crippen LogP contribution in [0, 0.1) is 0 Å². The van der Waals surface area contributed by atoms with Gasteiger partial charge in [0.15, 0.2) is 0 Å². The molecule has 0 N–H and O–H groups in total. The number of aldehydes is 1. The van der Waals surface area contributed by atoms with Crippen molar-refractivity contribution in [1.29, 1.82) is 0 Å². The van der Waals surface area contributed by atoms with E-state index in [2.05, 4.69) is 32.6 Å². The minimum atomic E-state index is 0. The molecule has 3 nitrogen and oxygen atoms in total. The molecule has 0 aliphatic carbocycles. The maximum absolute atomic E-state index is 10.5. The molecule has 0 unspecified atom stereocenters. The average molecular weight is 286 g/mol. The minimum absolute atomic E-state index is 0. The van der Waals surface area contributed by atoms with Crippen molar-refractivity contribution < 1.29 is 9.53 Å². The van der Waals surface area contributed by atoms with E-state index in [9.17, 15) is 4.79 Å². The van der Waals surface area contributed by atoms with Crippen LogP contribution in [-0.4, -0.2) is 36.4 Å². The molecule has 0 radical (unpaired) electrons. The quantitative estimate of drug-likeness (QED) is 0.719. The molecule has 0 fully saturated rings. The molecule has 4 heteroatoms. The third-order valence-corrected chi connectivity index (χ3v) is 2.96. The fourth-order valence-electron chi connectivity index (χ4n) is 2.02. The minimum Gasteiger partial charge on any atom is -0.492 e. The van der Waals surface area contributed by atoms with E-state index in [0.29, 0.717) is 24.3 Å². The van der Waals surface area contributed by atoms with E-state index in [1.165, 1.54) is 0 Å². The summed E-state index contributed by atoms with van der Waals surface area (Å²) < 4.78 is 5.68. The fraction of sp³-hybridized carbons (Fsp3) is 0.533. The lowest BCUT2D eigenvalue weighted by Crippen LogP contribution is -2.39. The Morgan fingerprint density at radius 3 is 2.05 bits per heavy atom. The zero-order valence-electron chi connectivity index (χ0n) is 12.1. The van der Waals surface area contributed by atoms with Crippen molar-refractivity contribution in [3.63, 3.8) is 0 Å². The molecule has 0 aromatic heterocycles. The Kier molecular flexibility index (Phi) is 8.44. The second kappa shape index (κ2) is 8.94. The van der Waals surface area contributed by atoms with Crippen LogP contribution in [-0.2, 0) is 0 Å². The molecular formula is C15H24ClNO2. The Morgan fingerprint density at radius 1 is 1.11 bits per heavy atom. The number of halogens is 1. The molecule has 0 aliphatic heterocycles. The summed E-state index contributed by atoms with van der Waals surface area (Å²) in [7, 11) is 0. The van der Waals surface area contributed by atoms with E-state index in [4.69, 9.17) is 4.74 Å². The number of rotatable bonds is 7. The van der Waals surface area contributed by atoms with Crippen LogP contribution in [0.3, 0.4) is 0 Å². The lowest BCUT2D eigenvalue weighted by atomic mass is 10.2. The number of hydrogen-bond donors (Lipinski definition) is 0. The van der Waals surface area contributed by atoms with Gasteiger partial charge in [-0.1, -0.05) is 0 Å². The van der Waals surface area contributed by atoms with Gasteiger partial charge in [0.25, 0.3) is 0 Å². The molecule has 108 valence electrons. The summed E-state index contributed by atoms with van der Waals surface area (Å²) >= 11 is 0. The molecule has 19 heavy (non-hydrogen) atoms. The molecule has 0 saturated carbocycles. The van der Waals surface area contributed by atoms with Crippen LogP contribution >= 0.6 is 12.4 Å². The van der Waals surface area contributed by atoms with E-state index in [1.54, 1.807) is 12.1 Å². The van der Waals surface area contributed by atoms with Crippen molar-refractivity contribution in [2.75, 3.05) is 13.2 Å². The average Bonchev–Trinajstić information content (AvgIpc) is 2.34. The lowest BCUT2D eigenvalue weighted by molar-refractivity contribution is 0.112. The van der Waals surface area contributed by atoms with E-state index in [-0.39, 0.29) is 12.4 Å². The second-order valence-corrected chi connectivity index (χ2v) is 4.96. The van der Waals surface area contributed by atoms with Crippen molar-refractivity contribution in [3.8, 4) is 5.75 Å². The molecule has 0 bridgehead atoms. The van der Waals surface area contributed by atoms with Gasteiger partial charge in [0.2, 0.25) is 0 Å². The van der Waals surface area contributed by atoms with Crippen molar-refractivity contribution >= 4 is 18.7 Å². The normalized spacial score (nSPS) is 10.7. The van der Waals surface area contributed by atoms with Gasteiger partial charge in [0, 0.05) is 24.2 Å². The highest BCUT2D eigenvalue weighted by atomic mass is 35.5. The Bertz CT molecular complexity index is 355. The highest BCUT2D eigenvalue weighted by molar-refractivity contribution is 5.85. The highest BCUT2D eigenvalue weighted by Gasteiger charge is 2.12. The molecule has 0 spiro atoms. The van der Waals surface area contributed by atoms with Crippen LogP contribution < -0.4 is 4.74 Å². The fourth-order valence-corrected chi connectivity index (χ4v) is 2.02. The number of hydrogen-bond acceptors (Lipinski definition) is 3. The molecule has 0 aliphatic rings. The van der Waals surface area contributed by atoms with Gasteiger partial charge in [-0.25, -0.2) is 0 Å². The van der Waals surface area contributed by atoms with Crippen molar-refractivity contribution in [3.05, 3.63) is 29.8 Å². The van der Waals surface area contributed by atoms with Gasteiger partial charge in [-0.3, -0.25) is 9.69 Å². The molecular weight excluding hydrogens is 262 g/mol. The van der Waals surface area contributed by atoms with Gasteiger partial charge >= 0.3 is 0 Å². The van der Waals surface area contributed by atoms with Gasteiger partial charge in [-0.05, 0) is 52.0 Å². The predicted octanol–water partition coefficient (Wildman–Crippen LogP) is 3.42. The van der Waals surface area contributed by atoms with E-state index in [0.717, 1.165) is 18.6 Å². The second-order valence-electron chi connectivity index (χ2n) is 4.96. The van der Waals surface area contributed by atoms with Crippen molar-refractivity contribution in [2.24, 2.45) is 0 Å². The lowest BCUT2D eigenvalue weighted by Gasteiger charge is -2.30. The molecule has 0 amide bonds. The van der Waals surface area contributed by atoms with Crippen LogP contribution in [0.2, 0.25) is 0 Å². The maximum Gasteiger partial charge on any atom is 0.150 e. The maximum atomic E-state index is 10.5. The first-order valence-corrected chi connectivity index (χ1v) is 6.48. The van der Waals surface area contributed by atoms with Gasteiger partial charge in [0.1, 0.15) is 18.6 Å². The van der Waals surface area contributed by atoms with Gasteiger partial charge in [-0.15, -0.1) is 12.4 Å². The molecule has 1 aromatic rings. The zero-order chi connectivity index (χ0) is 13.5. The molecule has 0 heterocycles. The van der Waals surface area contributed by atoms with Crippen LogP contribution in [0.4, 0.5) is 0 Å². The van der Waals surface area contributed by atoms with Crippen LogP contribution in [0.5, 0.6) is 5.75 Å². The van der Waals surface area contributed by atoms with Crippen molar-refractivity contribution in [1.82, 2.24) is 4.90 Å². The molecule has 1 rings (SSSR count). The van der Waals surface area contributed by atoms with E-state index >= 15 is 0 Å². The Hall–Kier alpha value is -1.06. The number of benzene rings is 1. The summed E-state index contributed by atoms with van der Waals surface area (Å²) in [6.07, 6.45) is 0.836. The SMILES string of the molecule is CC(C)N(CCOc1ccc(C=O)cc1)C(C)C.Cl. The monoisotopic (exact) mass is 285 g/mol. The van der Waals surface area contributed by atoms with Gasteiger partial charge in [0.05, 0.1) is 0 Å².